The number of fused-ring (bicyclic) bond motifs is 1. The van der Waals surface area contributed by atoms with Crippen LogP contribution in [0.1, 0.15) is 10.4 Å². The largest absolute Gasteiger partial charge is 0.454 e. The molecule has 0 atom stereocenters. The number of hydrogen-bond acceptors (Lipinski definition) is 9. The lowest BCUT2D eigenvalue weighted by Crippen LogP contribution is -1.96. The van der Waals surface area contributed by atoms with Gasteiger partial charge in [-0.1, -0.05) is 0 Å². The Morgan fingerprint density at radius 3 is 2.81 bits per heavy atom. The molecular weight excluding hydrogens is 372 g/mol. The molecule has 134 valence electrons. The van der Waals surface area contributed by atoms with Gasteiger partial charge < -0.3 is 9.47 Å². The molecule has 0 spiro atoms. The molecule has 2 aromatic carbocycles. The molecular formula is C17H10N4O5S. The van der Waals surface area contributed by atoms with Gasteiger partial charge in [-0.05, 0) is 36.0 Å². The maximum absolute atomic E-state index is 11.3. The van der Waals surface area contributed by atoms with Crippen molar-refractivity contribution in [2.75, 3.05) is 6.79 Å². The molecule has 27 heavy (non-hydrogen) atoms. The zero-order valence-electron chi connectivity index (χ0n) is 13.6. The summed E-state index contributed by atoms with van der Waals surface area (Å²) in [6.07, 6.45) is 2.07. The quantitative estimate of drug-likeness (QED) is 0.372. The normalized spacial score (nSPS) is 12.0. The summed E-state index contributed by atoms with van der Waals surface area (Å²) in [5, 5.41) is 19.1. The van der Waals surface area contributed by atoms with Gasteiger partial charge in [0.15, 0.2) is 17.8 Å². The lowest BCUT2D eigenvalue weighted by Gasteiger charge is -2.05. The number of rotatable bonds is 5. The SMILES string of the molecule is O=Cc1cc([N+](=O)[O-])ccc1Sc1nncc(-c2ccc3c(c2)OCO3)n1. The van der Waals surface area contributed by atoms with E-state index in [1.807, 2.05) is 6.07 Å². The first-order valence-corrected chi connectivity index (χ1v) is 8.47. The van der Waals surface area contributed by atoms with Crippen LogP contribution >= 0.6 is 11.8 Å². The van der Waals surface area contributed by atoms with E-state index in [2.05, 4.69) is 15.2 Å². The Morgan fingerprint density at radius 1 is 1.15 bits per heavy atom. The Hall–Kier alpha value is -3.53. The van der Waals surface area contributed by atoms with Crippen molar-refractivity contribution in [2.45, 2.75) is 10.1 Å². The molecule has 3 aromatic rings. The molecule has 0 amide bonds. The van der Waals surface area contributed by atoms with Crippen molar-refractivity contribution in [3.05, 3.63) is 58.3 Å². The Bertz CT molecular complexity index is 1060. The van der Waals surface area contributed by atoms with Crippen LogP contribution in [0.25, 0.3) is 11.3 Å². The first-order chi connectivity index (χ1) is 13.1. The van der Waals surface area contributed by atoms with Gasteiger partial charge in [0.05, 0.1) is 16.8 Å². The molecule has 0 fully saturated rings. The second-order valence-corrected chi connectivity index (χ2v) is 6.40. The Morgan fingerprint density at radius 2 is 2.00 bits per heavy atom. The highest BCUT2D eigenvalue weighted by atomic mass is 32.2. The lowest BCUT2D eigenvalue weighted by atomic mass is 10.1. The summed E-state index contributed by atoms with van der Waals surface area (Å²) >= 11 is 1.10. The number of carbonyl (C=O) groups excluding carboxylic acids is 1. The van der Waals surface area contributed by atoms with Crippen LogP contribution in [-0.2, 0) is 0 Å². The van der Waals surface area contributed by atoms with Crippen molar-refractivity contribution in [3.8, 4) is 22.8 Å². The minimum atomic E-state index is -0.556. The van der Waals surface area contributed by atoms with Crippen molar-refractivity contribution in [1.29, 1.82) is 0 Å². The average Bonchev–Trinajstić information content (AvgIpc) is 3.16. The van der Waals surface area contributed by atoms with Gasteiger partial charge in [-0.25, -0.2) is 4.98 Å². The summed E-state index contributed by atoms with van der Waals surface area (Å²) in [6.45, 7) is 0.177. The lowest BCUT2D eigenvalue weighted by molar-refractivity contribution is -0.384. The fraction of sp³-hybridized carbons (Fsp3) is 0.0588. The number of aldehydes is 1. The van der Waals surface area contributed by atoms with Gasteiger partial charge in [0.2, 0.25) is 11.9 Å². The summed E-state index contributed by atoms with van der Waals surface area (Å²) in [5.41, 5.74) is 1.37. The van der Waals surface area contributed by atoms with E-state index in [9.17, 15) is 14.9 Å². The van der Waals surface area contributed by atoms with Crippen LogP contribution < -0.4 is 9.47 Å². The van der Waals surface area contributed by atoms with E-state index in [0.717, 1.165) is 17.3 Å². The Labute approximate surface area is 156 Å². The molecule has 0 saturated carbocycles. The van der Waals surface area contributed by atoms with Crippen molar-refractivity contribution in [1.82, 2.24) is 15.2 Å². The molecule has 0 N–H and O–H groups in total. The summed E-state index contributed by atoms with van der Waals surface area (Å²) < 4.78 is 10.7. The van der Waals surface area contributed by atoms with E-state index < -0.39 is 4.92 Å². The van der Waals surface area contributed by atoms with E-state index in [1.165, 1.54) is 24.4 Å². The molecule has 9 nitrogen and oxygen atoms in total. The fourth-order valence-electron chi connectivity index (χ4n) is 2.46. The van der Waals surface area contributed by atoms with Gasteiger partial charge in [-0.3, -0.25) is 14.9 Å². The van der Waals surface area contributed by atoms with Crippen molar-refractivity contribution in [2.24, 2.45) is 0 Å². The predicted molar refractivity (Wildman–Crippen MR) is 94.0 cm³/mol. The van der Waals surface area contributed by atoms with Crippen molar-refractivity contribution < 1.29 is 19.2 Å². The van der Waals surface area contributed by atoms with Crippen LogP contribution in [0.15, 0.2) is 52.6 Å². The fourth-order valence-corrected chi connectivity index (χ4v) is 3.25. The molecule has 0 unspecified atom stereocenters. The van der Waals surface area contributed by atoms with Crippen LogP contribution in [0.4, 0.5) is 5.69 Å². The molecule has 0 aliphatic carbocycles. The minimum absolute atomic E-state index is 0.158. The number of hydrogen-bond donors (Lipinski definition) is 0. The standard InChI is InChI=1S/C17H10N4O5S/c22-8-11-5-12(21(23)24)2-4-16(11)27-17-19-13(7-18-20-17)10-1-3-14-15(6-10)26-9-25-14/h1-8H,9H2. The first kappa shape index (κ1) is 16.9. The molecule has 0 radical (unpaired) electrons. The predicted octanol–water partition coefficient (Wildman–Crippen LogP) is 3.14. The number of nitrogens with zero attached hydrogens (tertiary/aromatic N) is 4. The molecule has 2 heterocycles. The van der Waals surface area contributed by atoms with Crippen LogP contribution in [0.5, 0.6) is 11.5 Å². The second-order valence-electron chi connectivity index (χ2n) is 5.39. The Kier molecular flexibility index (Phi) is 4.38. The number of carbonyl (C=O) groups is 1. The van der Waals surface area contributed by atoms with Gasteiger partial charge in [0, 0.05) is 28.2 Å². The third kappa shape index (κ3) is 3.42. The molecule has 4 rings (SSSR count). The smallest absolute Gasteiger partial charge is 0.270 e. The molecule has 0 saturated heterocycles. The maximum atomic E-state index is 11.3. The van der Waals surface area contributed by atoms with Crippen LogP contribution in [0.3, 0.4) is 0 Å². The van der Waals surface area contributed by atoms with Crippen LogP contribution in [0.2, 0.25) is 0 Å². The number of nitro benzene ring substituents is 1. The van der Waals surface area contributed by atoms with E-state index in [4.69, 9.17) is 9.47 Å². The number of non-ortho nitro benzene ring substituents is 1. The van der Waals surface area contributed by atoms with E-state index in [0.29, 0.717) is 33.5 Å². The summed E-state index contributed by atoms with van der Waals surface area (Å²) in [4.78, 5) is 26.5. The monoisotopic (exact) mass is 382 g/mol. The Balaban J connectivity index is 1.64. The highest BCUT2D eigenvalue weighted by Crippen LogP contribution is 2.36. The summed E-state index contributed by atoms with van der Waals surface area (Å²) in [5.74, 6) is 1.29. The zero-order valence-corrected chi connectivity index (χ0v) is 14.4. The van der Waals surface area contributed by atoms with Gasteiger partial charge in [0.25, 0.3) is 5.69 Å². The molecule has 0 bridgehead atoms. The van der Waals surface area contributed by atoms with Gasteiger partial charge in [-0.15, -0.1) is 5.10 Å². The molecule has 10 heteroatoms. The number of nitro groups is 1. The van der Waals surface area contributed by atoms with Crippen molar-refractivity contribution in [3.63, 3.8) is 0 Å². The zero-order chi connectivity index (χ0) is 18.8. The van der Waals surface area contributed by atoms with Crippen LogP contribution in [0, 0.1) is 10.1 Å². The maximum Gasteiger partial charge on any atom is 0.270 e. The number of aromatic nitrogens is 3. The molecule has 1 aromatic heterocycles. The topological polar surface area (TPSA) is 117 Å². The van der Waals surface area contributed by atoms with E-state index >= 15 is 0 Å². The average molecular weight is 382 g/mol. The van der Waals surface area contributed by atoms with Crippen molar-refractivity contribution >= 4 is 23.7 Å². The minimum Gasteiger partial charge on any atom is -0.454 e. The second kappa shape index (κ2) is 7.00. The van der Waals surface area contributed by atoms with Crippen LogP contribution in [-0.4, -0.2) is 33.2 Å². The third-order valence-electron chi connectivity index (χ3n) is 3.74. The highest BCUT2D eigenvalue weighted by Gasteiger charge is 2.16. The highest BCUT2D eigenvalue weighted by molar-refractivity contribution is 7.99. The van der Waals surface area contributed by atoms with E-state index in [-0.39, 0.29) is 18.0 Å². The summed E-state index contributed by atoms with van der Waals surface area (Å²) in [6, 6.07) is 9.43. The number of benzene rings is 2. The van der Waals surface area contributed by atoms with E-state index in [1.54, 1.807) is 12.1 Å². The van der Waals surface area contributed by atoms with Gasteiger partial charge >= 0.3 is 0 Å². The van der Waals surface area contributed by atoms with Gasteiger partial charge in [0.1, 0.15) is 0 Å². The molecule has 1 aliphatic rings. The first-order valence-electron chi connectivity index (χ1n) is 7.65. The number of ether oxygens (including phenoxy) is 2. The van der Waals surface area contributed by atoms with Gasteiger partial charge in [-0.2, -0.15) is 5.10 Å². The summed E-state index contributed by atoms with van der Waals surface area (Å²) in [7, 11) is 0. The third-order valence-corrected chi connectivity index (χ3v) is 4.69. The molecule has 1 aliphatic heterocycles.